The maximum absolute atomic E-state index is 11.8. The Hall–Kier alpha value is -2.00. The molecule has 14 heteroatoms. The molecule has 0 saturated heterocycles. The van der Waals surface area contributed by atoms with Gasteiger partial charge in [0.05, 0.1) is 17.1 Å². The Bertz CT molecular complexity index is 1060. The van der Waals surface area contributed by atoms with Crippen molar-refractivity contribution in [3.8, 4) is 0 Å². The zero-order valence-electron chi connectivity index (χ0n) is 13.3. The number of nitrogens with two attached hydrogens (primary N) is 1. The zero-order chi connectivity index (χ0) is 20.3. The van der Waals surface area contributed by atoms with Crippen LogP contribution in [0.1, 0.15) is 13.3 Å². The minimum absolute atomic E-state index is 0.187. The van der Waals surface area contributed by atoms with E-state index in [0.717, 1.165) is 11.5 Å². The van der Waals surface area contributed by atoms with Crippen molar-refractivity contribution < 1.29 is 39.2 Å². The molecule has 0 aliphatic carbocycles. The molecule has 0 bridgehead atoms. The number of carbonyl (C=O) groups excluding carboxylic acids is 1. The number of sulfone groups is 1. The van der Waals surface area contributed by atoms with Crippen LogP contribution in [0.5, 0.6) is 0 Å². The summed E-state index contributed by atoms with van der Waals surface area (Å²) in [6.45, 7) is 1.39. The van der Waals surface area contributed by atoms with E-state index in [1.165, 1.54) is 6.92 Å². The maximum Gasteiger partial charge on any atom is 0.296 e. The van der Waals surface area contributed by atoms with E-state index in [4.69, 9.17) is 10.3 Å². The van der Waals surface area contributed by atoms with Crippen LogP contribution in [-0.2, 0) is 34.9 Å². The summed E-state index contributed by atoms with van der Waals surface area (Å²) in [5.41, 5.74) is 4.01. The highest BCUT2D eigenvalue weighted by Crippen LogP contribution is 2.30. The molecule has 5 N–H and O–H groups in total. The van der Waals surface area contributed by atoms with Crippen LogP contribution in [0.25, 0.3) is 0 Å². The second-order valence-corrected chi connectivity index (χ2v) is 9.87. The highest BCUT2D eigenvalue weighted by atomic mass is 32.2. The fourth-order valence-electron chi connectivity index (χ4n) is 1.71. The van der Waals surface area contributed by atoms with Gasteiger partial charge >= 0.3 is 0 Å². The minimum Gasteiger partial charge on any atom is -0.398 e. The van der Waals surface area contributed by atoms with E-state index in [9.17, 15) is 34.6 Å². The van der Waals surface area contributed by atoms with Crippen molar-refractivity contribution in [2.24, 2.45) is 0 Å². The SMILES string of the molecule is CCS(=O)(=O)C=CCC(=O)Nc1cc(S(=O)(=O)O)c(N)cc1S(=O)(=O)O. The molecule has 0 unspecified atom stereocenters. The molecule has 0 aliphatic rings. The van der Waals surface area contributed by atoms with Gasteiger partial charge in [0.1, 0.15) is 9.79 Å². The highest BCUT2D eigenvalue weighted by Gasteiger charge is 2.24. The van der Waals surface area contributed by atoms with Crippen molar-refractivity contribution in [1.82, 2.24) is 0 Å². The van der Waals surface area contributed by atoms with Crippen LogP contribution in [0.3, 0.4) is 0 Å². The Kier molecular flexibility index (Phi) is 6.54. The molecule has 1 amide bonds. The molecule has 0 aromatic heterocycles. The molecule has 26 heavy (non-hydrogen) atoms. The number of rotatable bonds is 7. The van der Waals surface area contributed by atoms with Gasteiger partial charge in [-0.3, -0.25) is 13.9 Å². The first-order valence-electron chi connectivity index (χ1n) is 6.75. The third-order valence-electron chi connectivity index (χ3n) is 2.95. The average Bonchev–Trinajstić information content (AvgIpc) is 2.46. The van der Waals surface area contributed by atoms with Gasteiger partial charge in [-0.15, -0.1) is 0 Å². The molecular weight excluding hydrogens is 412 g/mol. The van der Waals surface area contributed by atoms with E-state index >= 15 is 0 Å². The lowest BCUT2D eigenvalue weighted by Gasteiger charge is -2.12. The molecule has 11 nitrogen and oxygen atoms in total. The second kappa shape index (κ2) is 7.71. The normalized spacial score (nSPS) is 13.0. The predicted octanol–water partition coefficient (Wildman–Crippen LogP) is 0.0392. The van der Waals surface area contributed by atoms with E-state index < -0.39 is 63.6 Å². The lowest BCUT2D eigenvalue weighted by atomic mass is 10.2. The lowest BCUT2D eigenvalue weighted by Crippen LogP contribution is -2.15. The molecule has 1 rings (SSSR count). The van der Waals surface area contributed by atoms with Gasteiger partial charge in [-0.05, 0) is 12.1 Å². The summed E-state index contributed by atoms with van der Waals surface area (Å²) >= 11 is 0. The standard InChI is InChI=1S/C12H16N2O9S3/c1-2-24(16,17)5-3-4-12(15)14-9-7-10(25(18,19)20)8(13)6-11(9)26(21,22)23/h3,5-7H,2,4,13H2,1H3,(H,14,15)(H,18,19,20)(H,21,22,23). The molecule has 0 spiro atoms. The van der Waals surface area contributed by atoms with Gasteiger partial charge in [-0.25, -0.2) is 8.42 Å². The predicted molar refractivity (Wildman–Crippen MR) is 92.3 cm³/mol. The summed E-state index contributed by atoms with van der Waals surface area (Å²) in [5, 5.41) is 2.80. The number of benzene rings is 1. The van der Waals surface area contributed by atoms with E-state index in [2.05, 4.69) is 0 Å². The Labute approximate surface area is 150 Å². The Morgan fingerprint density at radius 3 is 2.08 bits per heavy atom. The maximum atomic E-state index is 11.8. The second-order valence-electron chi connectivity index (χ2n) is 4.91. The molecule has 0 saturated carbocycles. The molecule has 1 aromatic rings. The van der Waals surface area contributed by atoms with Crippen LogP contribution in [-0.4, -0.2) is 46.0 Å². The Morgan fingerprint density at radius 2 is 1.62 bits per heavy atom. The molecule has 0 fully saturated rings. The molecule has 0 aliphatic heterocycles. The molecule has 0 radical (unpaired) electrons. The first kappa shape index (κ1) is 22.0. The van der Waals surface area contributed by atoms with E-state index in [-0.39, 0.29) is 5.75 Å². The third-order valence-corrected chi connectivity index (χ3v) is 6.17. The van der Waals surface area contributed by atoms with Crippen LogP contribution in [0.15, 0.2) is 33.4 Å². The smallest absolute Gasteiger partial charge is 0.296 e. The van der Waals surface area contributed by atoms with Crippen LogP contribution < -0.4 is 11.1 Å². The van der Waals surface area contributed by atoms with Crippen LogP contribution in [0.2, 0.25) is 0 Å². The molecular formula is C12H16N2O9S3. The van der Waals surface area contributed by atoms with Crippen molar-refractivity contribution in [2.75, 3.05) is 16.8 Å². The topological polar surface area (TPSA) is 198 Å². The van der Waals surface area contributed by atoms with Gasteiger partial charge in [0.25, 0.3) is 20.2 Å². The fraction of sp³-hybridized carbons (Fsp3) is 0.250. The largest absolute Gasteiger partial charge is 0.398 e. The average molecular weight is 428 g/mol. The van der Waals surface area contributed by atoms with Crippen molar-refractivity contribution >= 4 is 47.4 Å². The van der Waals surface area contributed by atoms with Crippen LogP contribution in [0, 0.1) is 0 Å². The fourth-order valence-corrected chi connectivity index (χ4v) is 3.58. The minimum atomic E-state index is -4.90. The van der Waals surface area contributed by atoms with Gasteiger partial charge in [0.2, 0.25) is 5.91 Å². The molecule has 0 atom stereocenters. The first-order chi connectivity index (χ1) is 11.7. The van der Waals surface area contributed by atoms with Gasteiger partial charge in [-0.2, -0.15) is 16.8 Å². The van der Waals surface area contributed by atoms with Crippen molar-refractivity contribution in [1.29, 1.82) is 0 Å². The molecule has 0 heterocycles. The van der Waals surface area contributed by atoms with Gasteiger partial charge in [0.15, 0.2) is 9.84 Å². The van der Waals surface area contributed by atoms with Crippen molar-refractivity contribution in [2.45, 2.75) is 23.1 Å². The van der Waals surface area contributed by atoms with E-state index in [0.29, 0.717) is 12.1 Å². The van der Waals surface area contributed by atoms with Gasteiger partial charge in [0, 0.05) is 11.8 Å². The Morgan fingerprint density at radius 1 is 1.08 bits per heavy atom. The number of nitrogens with one attached hydrogen (secondary N) is 1. The summed E-state index contributed by atoms with van der Waals surface area (Å²) in [6.07, 6.45) is 0.512. The van der Waals surface area contributed by atoms with Crippen molar-refractivity contribution in [3.05, 3.63) is 23.6 Å². The highest BCUT2D eigenvalue weighted by molar-refractivity contribution is 7.94. The van der Waals surface area contributed by atoms with Gasteiger partial charge in [-0.1, -0.05) is 13.0 Å². The third kappa shape index (κ3) is 6.06. The summed E-state index contributed by atoms with van der Waals surface area (Å²) in [4.78, 5) is 10.0. The number of hydrogen-bond donors (Lipinski definition) is 4. The number of nitrogen functional groups attached to an aromatic ring is 1. The van der Waals surface area contributed by atoms with Crippen LogP contribution in [0.4, 0.5) is 11.4 Å². The Balaban J connectivity index is 3.28. The first-order valence-corrected chi connectivity index (χ1v) is 11.3. The summed E-state index contributed by atoms with van der Waals surface area (Å²) < 4.78 is 86.0. The van der Waals surface area contributed by atoms with E-state index in [1.54, 1.807) is 0 Å². The monoisotopic (exact) mass is 428 g/mol. The number of hydrogen-bond acceptors (Lipinski definition) is 8. The molecule has 146 valence electrons. The zero-order valence-corrected chi connectivity index (χ0v) is 15.7. The number of anilines is 2. The summed E-state index contributed by atoms with van der Waals surface area (Å²) in [6, 6.07) is 1.10. The summed E-state index contributed by atoms with van der Waals surface area (Å²) in [7, 11) is -13.2. The van der Waals surface area contributed by atoms with Gasteiger partial charge < -0.3 is 11.1 Å². The van der Waals surface area contributed by atoms with Crippen LogP contribution >= 0.6 is 0 Å². The van der Waals surface area contributed by atoms with E-state index in [1.807, 2.05) is 5.32 Å². The van der Waals surface area contributed by atoms with Crippen molar-refractivity contribution in [3.63, 3.8) is 0 Å². The number of carbonyl (C=O) groups is 1. The summed E-state index contributed by atoms with van der Waals surface area (Å²) in [5.74, 6) is -1.10. The number of amides is 1. The quantitative estimate of drug-likeness (QED) is 0.339. The molecule has 1 aromatic carbocycles. The lowest BCUT2D eigenvalue weighted by molar-refractivity contribution is -0.115.